The number of rotatable bonds is 7. The van der Waals surface area contributed by atoms with E-state index in [1.165, 1.54) is 38.0 Å². The Morgan fingerprint density at radius 3 is 2.79 bits per heavy atom. The molecule has 38 heavy (non-hydrogen) atoms. The van der Waals surface area contributed by atoms with E-state index in [1.54, 1.807) is 6.07 Å². The molecule has 1 saturated carbocycles. The lowest BCUT2D eigenvalue weighted by atomic mass is 9.84. The molecule has 8 nitrogen and oxygen atoms in total. The van der Waals surface area contributed by atoms with Gasteiger partial charge >= 0.3 is 0 Å². The number of halogens is 4. The Morgan fingerprint density at radius 1 is 1.18 bits per heavy atom. The minimum absolute atomic E-state index is 0.0707. The number of ether oxygens (including phenoxy) is 1. The number of hydrogen-bond acceptors (Lipinski definition) is 9. The summed E-state index contributed by atoms with van der Waals surface area (Å²) in [6.45, 7) is 1.63. The summed E-state index contributed by atoms with van der Waals surface area (Å²) >= 11 is 0.807. The van der Waals surface area contributed by atoms with Crippen LogP contribution in [-0.2, 0) is 18.6 Å². The molecule has 0 radical (unpaired) electrons. The van der Waals surface area contributed by atoms with E-state index in [2.05, 4.69) is 24.9 Å². The van der Waals surface area contributed by atoms with Gasteiger partial charge in [-0.15, -0.1) is 0 Å². The van der Waals surface area contributed by atoms with Crippen LogP contribution in [0.2, 0.25) is 0 Å². The van der Waals surface area contributed by atoms with Gasteiger partial charge in [-0.05, 0) is 31.0 Å². The number of thioether (sulfide) groups is 1. The van der Waals surface area contributed by atoms with E-state index in [-0.39, 0.29) is 30.2 Å². The van der Waals surface area contributed by atoms with Crippen molar-refractivity contribution >= 4 is 28.0 Å². The lowest BCUT2D eigenvalue weighted by Crippen LogP contribution is -2.39. The highest BCUT2D eigenvalue weighted by Gasteiger charge is 2.71. The van der Waals surface area contributed by atoms with Crippen LogP contribution in [0, 0.1) is 17.6 Å². The fourth-order valence-electron chi connectivity index (χ4n) is 5.07. The first-order valence-electron chi connectivity index (χ1n) is 11.6. The Hall–Kier alpha value is -3.74. The zero-order valence-corrected chi connectivity index (χ0v) is 20.7. The number of oxazole rings is 1. The molecule has 0 unspecified atom stereocenters. The maximum absolute atomic E-state index is 15.1. The van der Waals surface area contributed by atoms with Crippen molar-refractivity contribution in [2.45, 2.75) is 43.1 Å². The molecule has 0 bridgehead atoms. The molecule has 3 atom stereocenters. The molecule has 2 aliphatic rings. The highest BCUT2D eigenvalue weighted by atomic mass is 32.2. The molecular weight excluding hydrogens is 524 g/mol. The highest BCUT2D eigenvalue weighted by molar-refractivity contribution is 8.15. The molecule has 0 saturated heterocycles. The summed E-state index contributed by atoms with van der Waals surface area (Å²) in [5.74, 6) is -2.10. The molecule has 4 heterocycles. The zero-order valence-electron chi connectivity index (χ0n) is 19.9. The van der Waals surface area contributed by atoms with Crippen molar-refractivity contribution < 1.29 is 26.7 Å². The van der Waals surface area contributed by atoms with Crippen LogP contribution < -0.4 is 10.5 Å². The van der Waals surface area contributed by atoms with Crippen molar-refractivity contribution in [3.63, 3.8) is 0 Å². The maximum Gasteiger partial charge on any atom is 0.253 e. The summed E-state index contributed by atoms with van der Waals surface area (Å²) in [6, 6.07) is 4.17. The van der Waals surface area contributed by atoms with Gasteiger partial charge in [-0.25, -0.2) is 37.5 Å². The number of hydrogen-bond donors (Lipinski definition) is 1. The van der Waals surface area contributed by atoms with E-state index in [0.717, 1.165) is 17.8 Å². The number of pyridine rings is 1. The standard InChI is InChI=1S/C25H20F4N6O2S/c1-24(18-8-25(18,22(28)29)38-23(30)35-24)14-4-12(5-15(26)20(14)27)6-16-21-17(34-11-33-16)7-13(9-32-21)37-10-19-31-2-3-36-19/h2-5,7,9,11,18,22H,6,8,10H2,1H3,(H2,30,35)/t18-,24+,25-/m0/s1. The summed E-state index contributed by atoms with van der Waals surface area (Å²) in [5, 5.41) is -0.0707. The molecular formula is C25H20F4N6O2S. The monoisotopic (exact) mass is 544 g/mol. The third-order valence-electron chi connectivity index (χ3n) is 7.01. The van der Waals surface area contributed by atoms with Gasteiger partial charge in [-0.3, -0.25) is 4.99 Å². The molecule has 1 fully saturated rings. The minimum atomic E-state index is -2.68. The number of amidine groups is 1. The van der Waals surface area contributed by atoms with Gasteiger partial charge in [0.25, 0.3) is 6.43 Å². The molecule has 13 heteroatoms. The normalized spacial score (nSPS) is 24.4. The predicted molar refractivity (Wildman–Crippen MR) is 131 cm³/mol. The van der Waals surface area contributed by atoms with Crippen LogP contribution in [0.15, 0.2) is 52.6 Å². The number of aliphatic imine (C=N–C) groups is 1. The summed E-state index contributed by atoms with van der Waals surface area (Å²) in [4.78, 5) is 21.3. The summed E-state index contributed by atoms with van der Waals surface area (Å²) in [5.41, 5.74) is 6.10. The maximum atomic E-state index is 15.1. The van der Waals surface area contributed by atoms with Crippen molar-refractivity contribution in [2.24, 2.45) is 16.6 Å². The topological polar surface area (TPSA) is 112 Å². The second kappa shape index (κ2) is 8.93. The van der Waals surface area contributed by atoms with Gasteiger partial charge < -0.3 is 14.9 Å². The van der Waals surface area contributed by atoms with Crippen LogP contribution in [0.25, 0.3) is 11.0 Å². The van der Waals surface area contributed by atoms with Crippen LogP contribution in [0.1, 0.15) is 36.1 Å². The summed E-state index contributed by atoms with van der Waals surface area (Å²) < 4.78 is 67.1. The molecule has 3 aromatic heterocycles. The fourth-order valence-corrected chi connectivity index (χ4v) is 6.40. The largest absolute Gasteiger partial charge is 0.482 e. The minimum Gasteiger partial charge on any atom is -0.482 e. The second-order valence-electron chi connectivity index (χ2n) is 9.40. The lowest BCUT2D eigenvalue weighted by molar-refractivity contribution is 0.123. The first-order chi connectivity index (χ1) is 18.2. The summed E-state index contributed by atoms with van der Waals surface area (Å²) in [6.07, 6.45) is 3.28. The van der Waals surface area contributed by atoms with E-state index in [4.69, 9.17) is 14.9 Å². The lowest BCUT2D eigenvalue weighted by Gasteiger charge is -2.34. The van der Waals surface area contributed by atoms with E-state index in [1.807, 2.05) is 0 Å². The smallest absolute Gasteiger partial charge is 0.253 e. The second-order valence-corrected chi connectivity index (χ2v) is 10.8. The van der Waals surface area contributed by atoms with E-state index < -0.39 is 34.3 Å². The van der Waals surface area contributed by atoms with E-state index in [0.29, 0.717) is 33.9 Å². The van der Waals surface area contributed by atoms with Crippen LogP contribution in [0.5, 0.6) is 5.75 Å². The number of alkyl halides is 2. The van der Waals surface area contributed by atoms with Crippen molar-refractivity contribution in [1.29, 1.82) is 0 Å². The van der Waals surface area contributed by atoms with Gasteiger partial charge in [-0.2, -0.15) is 0 Å². The number of nitrogens with two attached hydrogens (primary N) is 1. The third-order valence-corrected chi connectivity index (χ3v) is 8.32. The van der Waals surface area contributed by atoms with Gasteiger partial charge in [0.15, 0.2) is 23.4 Å². The average Bonchev–Trinajstić information content (AvgIpc) is 3.42. The quantitative estimate of drug-likeness (QED) is 0.332. The average molecular weight is 545 g/mol. The number of aromatic nitrogens is 4. The van der Waals surface area contributed by atoms with Gasteiger partial charge in [0, 0.05) is 24.0 Å². The first-order valence-corrected chi connectivity index (χ1v) is 12.4. The fraction of sp³-hybridized carbons (Fsp3) is 0.320. The number of benzene rings is 1. The highest BCUT2D eigenvalue weighted by Crippen LogP contribution is 2.68. The third kappa shape index (κ3) is 4.05. The van der Waals surface area contributed by atoms with Crippen LogP contribution in [0.4, 0.5) is 17.6 Å². The molecule has 1 aliphatic heterocycles. The zero-order chi connectivity index (χ0) is 26.7. The molecule has 1 aliphatic carbocycles. The van der Waals surface area contributed by atoms with Crippen LogP contribution in [0.3, 0.4) is 0 Å². The Balaban J connectivity index is 1.32. The molecule has 0 amide bonds. The van der Waals surface area contributed by atoms with Crippen LogP contribution >= 0.6 is 11.8 Å². The van der Waals surface area contributed by atoms with Crippen LogP contribution in [-0.4, -0.2) is 36.3 Å². The molecule has 6 rings (SSSR count). The Labute approximate surface area is 217 Å². The molecule has 1 aromatic carbocycles. The molecule has 2 N–H and O–H groups in total. The molecule has 0 spiro atoms. The van der Waals surface area contributed by atoms with Gasteiger partial charge in [0.2, 0.25) is 5.89 Å². The SMILES string of the molecule is C[C@]1(c2cc(Cc3ncnc4cc(OCc5ncco5)cnc34)cc(F)c2F)N=C(N)S[C@@]2(C(F)F)C[C@@H]12. The van der Waals surface area contributed by atoms with Crippen molar-refractivity contribution in [3.05, 3.63) is 77.5 Å². The Kier molecular flexibility index (Phi) is 5.78. The van der Waals surface area contributed by atoms with Gasteiger partial charge in [0.05, 0.1) is 33.9 Å². The number of nitrogens with zero attached hydrogens (tertiary/aromatic N) is 5. The predicted octanol–water partition coefficient (Wildman–Crippen LogP) is 4.76. The van der Waals surface area contributed by atoms with E-state index in [9.17, 15) is 13.2 Å². The van der Waals surface area contributed by atoms with Crippen molar-refractivity contribution in [1.82, 2.24) is 19.9 Å². The van der Waals surface area contributed by atoms with Crippen molar-refractivity contribution in [3.8, 4) is 5.75 Å². The van der Waals surface area contributed by atoms with E-state index >= 15 is 4.39 Å². The number of fused-ring (bicyclic) bond motifs is 2. The Morgan fingerprint density at radius 2 is 2.03 bits per heavy atom. The molecule has 196 valence electrons. The van der Waals surface area contributed by atoms with Crippen molar-refractivity contribution in [2.75, 3.05) is 0 Å². The molecule has 4 aromatic rings. The Bertz CT molecular complexity index is 1570. The van der Waals surface area contributed by atoms with Gasteiger partial charge in [-0.1, -0.05) is 11.8 Å². The first kappa shape index (κ1) is 24.6. The van der Waals surface area contributed by atoms with Gasteiger partial charge in [0.1, 0.15) is 23.9 Å². The summed E-state index contributed by atoms with van der Waals surface area (Å²) in [7, 11) is 0.